The maximum atomic E-state index is 13.1. The number of rotatable bonds is 10. The van der Waals surface area contributed by atoms with Crippen LogP contribution in [0.4, 0.5) is 5.82 Å². The second-order valence-corrected chi connectivity index (χ2v) is 7.82. The molecule has 34 heavy (non-hydrogen) atoms. The number of fused-ring (bicyclic) bond motifs is 1. The van der Waals surface area contributed by atoms with E-state index in [4.69, 9.17) is 32.2 Å². The Hall–Kier alpha value is -4.06. The number of imidazole rings is 1. The highest BCUT2D eigenvalue weighted by atomic mass is 35.5. The van der Waals surface area contributed by atoms with Crippen LogP contribution >= 0.6 is 11.6 Å². The molecule has 0 saturated carbocycles. The van der Waals surface area contributed by atoms with Gasteiger partial charge in [0.05, 0.1) is 0 Å². The predicted molar refractivity (Wildman–Crippen MR) is 125 cm³/mol. The first-order valence-electron chi connectivity index (χ1n) is 10.5. The summed E-state index contributed by atoms with van der Waals surface area (Å²) in [5.41, 5.74) is 6.22. The SMILES string of the molecule is N=C(N)NCCCC(Nc1cc(Cl)nc(-n2ccnc2)n1)C(=O)NCc1ccc2c(c1)OCO2. The van der Waals surface area contributed by atoms with Crippen molar-refractivity contribution in [1.82, 2.24) is 30.2 Å². The number of nitrogens with zero attached hydrogens (tertiary/aromatic N) is 4. The number of halogens is 1. The molecule has 2 aromatic heterocycles. The van der Waals surface area contributed by atoms with E-state index in [2.05, 4.69) is 30.9 Å². The number of carbonyl (C=O) groups excluding carboxylic acids is 1. The first kappa shape index (κ1) is 23.1. The van der Waals surface area contributed by atoms with E-state index in [0.717, 1.165) is 5.56 Å². The second kappa shape index (κ2) is 10.7. The van der Waals surface area contributed by atoms with Gasteiger partial charge in [-0.05, 0) is 30.5 Å². The molecule has 4 rings (SSSR count). The number of nitrogens with two attached hydrogens (primary N) is 1. The van der Waals surface area contributed by atoms with Gasteiger partial charge in [0.25, 0.3) is 0 Å². The van der Waals surface area contributed by atoms with Crippen molar-refractivity contribution in [2.24, 2.45) is 5.73 Å². The molecule has 3 aromatic rings. The van der Waals surface area contributed by atoms with E-state index >= 15 is 0 Å². The minimum Gasteiger partial charge on any atom is -0.454 e. The Morgan fingerprint density at radius 2 is 2.09 bits per heavy atom. The molecule has 1 aromatic carbocycles. The largest absolute Gasteiger partial charge is 0.454 e. The normalized spacial score (nSPS) is 12.7. The number of aromatic nitrogens is 4. The van der Waals surface area contributed by atoms with Gasteiger partial charge in [-0.15, -0.1) is 0 Å². The zero-order valence-electron chi connectivity index (χ0n) is 18.1. The zero-order chi connectivity index (χ0) is 23.9. The lowest BCUT2D eigenvalue weighted by molar-refractivity contribution is -0.122. The van der Waals surface area contributed by atoms with Gasteiger partial charge in [-0.3, -0.25) is 14.8 Å². The van der Waals surface area contributed by atoms with Crippen LogP contribution < -0.4 is 31.2 Å². The second-order valence-electron chi connectivity index (χ2n) is 7.43. The fourth-order valence-electron chi connectivity index (χ4n) is 3.31. The van der Waals surface area contributed by atoms with Crippen molar-refractivity contribution in [3.8, 4) is 17.4 Å². The molecule has 1 aliphatic heterocycles. The molecule has 1 aliphatic rings. The van der Waals surface area contributed by atoms with Gasteiger partial charge in [-0.25, -0.2) is 9.97 Å². The van der Waals surface area contributed by atoms with Crippen molar-refractivity contribution in [2.75, 3.05) is 18.7 Å². The van der Waals surface area contributed by atoms with Crippen LogP contribution in [0.5, 0.6) is 11.5 Å². The van der Waals surface area contributed by atoms with E-state index < -0.39 is 6.04 Å². The number of nitrogens with one attached hydrogen (secondary N) is 4. The van der Waals surface area contributed by atoms with E-state index in [9.17, 15) is 4.79 Å². The Morgan fingerprint density at radius 1 is 1.24 bits per heavy atom. The minimum absolute atomic E-state index is 0.121. The number of anilines is 1. The quantitative estimate of drug-likeness (QED) is 0.123. The van der Waals surface area contributed by atoms with Crippen LogP contribution in [0.2, 0.25) is 5.15 Å². The Bertz CT molecular complexity index is 1160. The summed E-state index contributed by atoms with van der Waals surface area (Å²) in [6.07, 6.45) is 5.89. The lowest BCUT2D eigenvalue weighted by atomic mass is 10.1. The monoisotopic (exact) mass is 485 g/mol. The Kier molecular flexibility index (Phi) is 7.28. The van der Waals surface area contributed by atoms with Gasteiger partial charge in [0.2, 0.25) is 18.6 Å². The van der Waals surface area contributed by atoms with Crippen molar-refractivity contribution in [3.05, 3.63) is 53.7 Å². The summed E-state index contributed by atoms with van der Waals surface area (Å²) in [7, 11) is 0. The highest BCUT2D eigenvalue weighted by molar-refractivity contribution is 6.29. The number of carbonyl (C=O) groups is 1. The number of benzene rings is 1. The van der Waals surface area contributed by atoms with Gasteiger partial charge in [-0.1, -0.05) is 17.7 Å². The van der Waals surface area contributed by atoms with E-state index in [1.165, 1.54) is 0 Å². The molecular weight excluding hydrogens is 462 g/mol. The number of amides is 1. The summed E-state index contributed by atoms with van der Waals surface area (Å²) >= 11 is 6.18. The van der Waals surface area contributed by atoms with Crippen molar-refractivity contribution in [1.29, 1.82) is 5.41 Å². The third-order valence-electron chi connectivity index (χ3n) is 4.95. The van der Waals surface area contributed by atoms with Crippen LogP contribution in [0.25, 0.3) is 5.95 Å². The molecule has 178 valence electrons. The fraction of sp³-hybridized carbons (Fsp3) is 0.286. The first-order valence-corrected chi connectivity index (χ1v) is 10.9. The zero-order valence-corrected chi connectivity index (χ0v) is 18.9. The Labute approximate surface area is 200 Å². The molecular formula is C21H24ClN9O3. The molecule has 1 unspecified atom stereocenters. The number of ether oxygens (including phenoxy) is 2. The predicted octanol–water partition coefficient (Wildman–Crippen LogP) is 1.40. The maximum absolute atomic E-state index is 13.1. The van der Waals surface area contributed by atoms with Crippen LogP contribution in [-0.4, -0.2) is 50.8 Å². The highest BCUT2D eigenvalue weighted by Crippen LogP contribution is 2.32. The van der Waals surface area contributed by atoms with Crippen molar-refractivity contribution in [2.45, 2.75) is 25.4 Å². The summed E-state index contributed by atoms with van der Waals surface area (Å²) in [5.74, 6) is 1.71. The molecule has 0 fully saturated rings. The van der Waals surface area contributed by atoms with Crippen molar-refractivity contribution >= 4 is 29.3 Å². The molecule has 0 radical (unpaired) electrons. The highest BCUT2D eigenvalue weighted by Gasteiger charge is 2.20. The van der Waals surface area contributed by atoms with E-state index in [-0.39, 0.29) is 23.8 Å². The average molecular weight is 486 g/mol. The Balaban J connectivity index is 1.44. The van der Waals surface area contributed by atoms with Gasteiger partial charge in [0, 0.05) is 31.5 Å². The van der Waals surface area contributed by atoms with E-state index in [1.54, 1.807) is 29.4 Å². The van der Waals surface area contributed by atoms with Gasteiger partial charge in [0.15, 0.2) is 17.5 Å². The van der Waals surface area contributed by atoms with E-state index in [0.29, 0.717) is 49.2 Å². The molecule has 3 heterocycles. The van der Waals surface area contributed by atoms with Gasteiger partial charge in [0.1, 0.15) is 23.3 Å². The molecule has 1 amide bonds. The molecule has 13 heteroatoms. The summed E-state index contributed by atoms with van der Waals surface area (Å²) in [6, 6.07) is 6.45. The van der Waals surface area contributed by atoms with Crippen LogP contribution in [0.15, 0.2) is 43.0 Å². The van der Waals surface area contributed by atoms with Crippen molar-refractivity contribution < 1.29 is 14.3 Å². The molecule has 0 spiro atoms. The topological polar surface area (TPSA) is 165 Å². The smallest absolute Gasteiger partial charge is 0.242 e. The number of hydrogen-bond donors (Lipinski definition) is 5. The average Bonchev–Trinajstić information content (AvgIpc) is 3.51. The van der Waals surface area contributed by atoms with E-state index in [1.807, 2.05) is 18.2 Å². The Morgan fingerprint density at radius 3 is 2.88 bits per heavy atom. The van der Waals surface area contributed by atoms with Crippen LogP contribution in [0, 0.1) is 5.41 Å². The maximum Gasteiger partial charge on any atom is 0.242 e. The molecule has 12 nitrogen and oxygen atoms in total. The van der Waals surface area contributed by atoms with Crippen LogP contribution in [0.3, 0.4) is 0 Å². The van der Waals surface area contributed by atoms with Crippen LogP contribution in [0.1, 0.15) is 18.4 Å². The van der Waals surface area contributed by atoms with Gasteiger partial charge < -0.3 is 31.2 Å². The van der Waals surface area contributed by atoms with Crippen molar-refractivity contribution in [3.63, 3.8) is 0 Å². The number of hydrogen-bond acceptors (Lipinski definition) is 8. The fourth-order valence-corrected chi connectivity index (χ4v) is 3.49. The van der Waals surface area contributed by atoms with Gasteiger partial charge >= 0.3 is 0 Å². The lowest BCUT2D eigenvalue weighted by Gasteiger charge is -2.20. The first-order chi connectivity index (χ1) is 16.5. The minimum atomic E-state index is -0.621. The standard InChI is InChI=1S/C21H24ClN9O3/c22-17-9-18(30-21(29-17)31-7-6-25-11-31)28-14(2-1-5-26-20(23)24)19(32)27-10-13-3-4-15-16(8-13)34-12-33-15/h3-4,6-9,11,14H,1-2,5,10,12H2,(H,27,32)(H4,23,24,26)(H,28,29,30). The molecule has 6 N–H and O–H groups in total. The molecule has 1 atom stereocenters. The van der Waals surface area contributed by atoms with Gasteiger partial charge in [-0.2, -0.15) is 4.98 Å². The third kappa shape index (κ3) is 6.04. The summed E-state index contributed by atoms with van der Waals surface area (Å²) in [6.45, 7) is 0.950. The molecule has 0 bridgehead atoms. The molecule has 0 aliphatic carbocycles. The number of guanidine groups is 1. The van der Waals surface area contributed by atoms with Crippen LogP contribution in [-0.2, 0) is 11.3 Å². The summed E-state index contributed by atoms with van der Waals surface area (Å²) in [5, 5.41) is 16.3. The summed E-state index contributed by atoms with van der Waals surface area (Å²) in [4.78, 5) is 25.7. The molecule has 0 saturated heterocycles. The summed E-state index contributed by atoms with van der Waals surface area (Å²) < 4.78 is 12.3. The third-order valence-corrected chi connectivity index (χ3v) is 5.14. The lowest BCUT2D eigenvalue weighted by Crippen LogP contribution is -2.40.